The van der Waals surface area contributed by atoms with Crippen molar-refractivity contribution in [2.75, 3.05) is 0 Å². The van der Waals surface area contributed by atoms with E-state index in [1.807, 2.05) is 11.3 Å². The third-order valence-corrected chi connectivity index (χ3v) is 10.3. The van der Waals surface area contributed by atoms with E-state index in [0.29, 0.717) is 11.5 Å². The van der Waals surface area contributed by atoms with E-state index in [0.717, 1.165) is 35.1 Å². The van der Waals surface area contributed by atoms with Gasteiger partial charge in [-0.15, -0.1) is 11.3 Å². The zero-order chi connectivity index (χ0) is 33.3. The summed E-state index contributed by atoms with van der Waals surface area (Å²) in [5, 5.41) is 25.1. The van der Waals surface area contributed by atoms with Gasteiger partial charge >= 0.3 is 0 Å². The van der Waals surface area contributed by atoms with Crippen LogP contribution in [0.4, 0.5) is 0 Å². The molecule has 3 heteroatoms. The van der Waals surface area contributed by atoms with Crippen LogP contribution in [0.3, 0.4) is 0 Å². The van der Waals surface area contributed by atoms with Crippen molar-refractivity contribution in [2.45, 2.75) is 118 Å². The maximum atomic E-state index is 11.3. The normalized spacial score (nSPS) is 13.2. The highest BCUT2D eigenvalue weighted by Gasteiger charge is 2.28. The number of phenols is 2. The first kappa shape index (κ1) is 33.1. The Balaban J connectivity index is 1.56. The van der Waals surface area contributed by atoms with Crippen LogP contribution in [0.5, 0.6) is 11.5 Å². The van der Waals surface area contributed by atoms with Crippen LogP contribution in [0.15, 0.2) is 60.7 Å². The Kier molecular flexibility index (Phi) is 8.23. The van der Waals surface area contributed by atoms with Gasteiger partial charge in [0.1, 0.15) is 11.5 Å². The summed E-state index contributed by atoms with van der Waals surface area (Å²) >= 11 is 1.88. The highest BCUT2D eigenvalue weighted by molar-refractivity contribution is 7.26. The number of hydrogen-bond acceptors (Lipinski definition) is 3. The molecule has 0 atom stereocenters. The molecule has 0 fully saturated rings. The highest BCUT2D eigenvalue weighted by Crippen LogP contribution is 2.43. The molecule has 0 aliphatic rings. The predicted molar refractivity (Wildman–Crippen MR) is 196 cm³/mol. The molecular formula is C42H52O2S. The topological polar surface area (TPSA) is 40.5 Å². The Bertz CT molecular complexity index is 1820. The van der Waals surface area contributed by atoms with Crippen molar-refractivity contribution in [2.24, 2.45) is 0 Å². The minimum Gasteiger partial charge on any atom is -0.507 e. The van der Waals surface area contributed by atoms with Gasteiger partial charge in [0.05, 0.1) is 0 Å². The summed E-state index contributed by atoms with van der Waals surface area (Å²) < 4.78 is 2.64. The molecule has 0 saturated heterocycles. The standard InChI is InChI=1S/C42H52O2S/c1-39(2,3)31-20-26(21-32(36(31)43)40(4,5)6)18-25-16-17-29-30-15-13-14-28(38(30)45-35(29)24-25)19-27-22-33(41(7,8)9)37(44)34(23-27)42(10,11)12/h13-17,20-24,43-44H,18-19H2,1-12H3. The summed E-state index contributed by atoms with van der Waals surface area (Å²) in [4.78, 5) is 0. The number of phenolic OH excluding ortho intramolecular Hbond substituents is 2. The number of hydrogen-bond donors (Lipinski definition) is 2. The number of fused-ring (bicyclic) bond motifs is 3. The lowest BCUT2D eigenvalue weighted by Gasteiger charge is -2.28. The molecule has 0 aliphatic heterocycles. The lowest BCUT2D eigenvalue weighted by atomic mass is 9.78. The second kappa shape index (κ2) is 11.2. The number of benzene rings is 4. The van der Waals surface area contributed by atoms with Crippen LogP contribution in [0.25, 0.3) is 20.2 Å². The van der Waals surface area contributed by atoms with Crippen molar-refractivity contribution in [3.63, 3.8) is 0 Å². The summed E-state index contributed by atoms with van der Waals surface area (Å²) in [5.74, 6) is 0.869. The van der Waals surface area contributed by atoms with Gasteiger partial charge in [0.25, 0.3) is 0 Å². The molecule has 45 heavy (non-hydrogen) atoms. The van der Waals surface area contributed by atoms with Gasteiger partial charge in [0.15, 0.2) is 0 Å². The summed E-state index contributed by atoms with van der Waals surface area (Å²) in [7, 11) is 0. The van der Waals surface area contributed by atoms with Crippen LogP contribution in [-0.2, 0) is 34.5 Å². The van der Waals surface area contributed by atoms with Gasteiger partial charge in [-0.25, -0.2) is 0 Å². The Morgan fingerprint density at radius 3 is 1.38 bits per heavy atom. The summed E-state index contributed by atoms with van der Waals surface area (Å²) in [6, 6.07) is 22.4. The maximum absolute atomic E-state index is 11.3. The fourth-order valence-corrected chi connectivity index (χ4v) is 7.76. The van der Waals surface area contributed by atoms with E-state index in [4.69, 9.17) is 0 Å². The Hall–Kier alpha value is -3.30. The molecule has 2 nitrogen and oxygen atoms in total. The first-order chi connectivity index (χ1) is 20.6. The number of aromatic hydroxyl groups is 2. The molecule has 0 amide bonds. The molecule has 0 bridgehead atoms. The van der Waals surface area contributed by atoms with Crippen molar-refractivity contribution in [3.8, 4) is 11.5 Å². The van der Waals surface area contributed by atoms with Gasteiger partial charge in [0.2, 0.25) is 0 Å². The van der Waals surface area contributed by atoms with Crippen molar-refractivity contribution < 1.29 is 10.2 Å². The third-order valence-electron chi connectivity index (χ3n) is 9.02. The van der Waals surface area contributed by atoms with Crippen LogP contribution in [0, 0.1) is 0 Å². The minimum atomic E-state index is -0.154. The molecule has 0 spiro atoms. The third kappa shape index (κ3) is 6.66. The summed E-state index contributed by atoms with van der Waals surface area (Å²) in [6.07, 6.45) is 1.64. The van der Waals surface area contributed by atoms with Gasteiger partial charge in [-0.1, -0.05) is 138 Å². The highest BCUT2D eigenvalue weighted by atomic mass is 32.1. The number of rotatable bonds is 4. The van der Waals surface area contributed by atoms with Crippen LogP contribution in [0.1, 0.15) is 128 Å². The van der Waals surface area contributed by atoms with Gasteiger partial charge < -0.3 is 10.2 Å². The van der Waals surface area contributed by atoms with Crippen molar-refractivity contribution >= 4 is 31.5 Å². The monoisotopic (exact) mass is 620 g/mol. The average molecular weight is 621 g/mol. The van der Waals surface area contributed by atoms with E-state index in [1.165, 1.54) is 42.4 Å². The van der Waals surface area contributed by atoms with E-state index in [9.17, 15) is 10.2 Å². The van der Waals surface area contributed by atoms with Crippen molar-refractivity contribution in [1.82, 2.24) is 0 Å². The largest absolute Gasteiger partial charge is 0.507 e. The van der Waals surface area contributed by atoms with Gasteiger partial charge in [-0.05, 0) is 85.1 Å². The SMILES string of the molecule is CC(C)(C)c1cc(Cc2ccc3c(c2)sc2c(Cc4cc(C(C)(C)C)c(O)c(C(C)(C)C)c4)cccc23)cc(C(C)(C)C)c1O. The molecular weight excluding hydrogens is 569 g/mol. The molecule has 238 valence electrons. The van der Waals surface area contributed by atoms with Crippen LogP contribution >= 0.6 is 11.3 Å². The minimum absolute atomic E-state index is 0.148. The Morgan fingerprint density at radius 2 is 0.933 bits per heavy atom. The predicted octanol–water partition coefficient (Wildman–Crippen LogP) is 11.8. The molecule has 5 rings (SSSR count). The second-order valence-electron chi connectivity index (χ2n) is 17.2. The smallest absolute Gasteiger partial charge is 0.123 e. The first-order valence-corrected chi connectivity index (χ1v) is 17.1. The van der Waals surface area contributed by atoms with Gasteiger partial charge in [-0.2, -0.15) is 0 Å². The first-order valence-electron chi connectivity index (χ1n) is 16.3. The van der Waals surface area contributed by atoms with Crippen LogP contribution < -0.4 is 0 Å². The van der Waals surface area contributed by atoms with Crippen LogP contribution in [0.2, 0.25) is 0 Å². The van der Waals surface area contributed by atoms with E-state index >= 15 is 0 Å². The molecule has 1 aromatic heterocycles. The molecule has 1 heterocycles. The fraction of sp³-hybridized carbons (Fsp3) is 0.429. The van der Waals surface area contributed by atoms with E-state index in [-0.39, 0.29) is 21.7 Å². The lowest BCUT2D eigenvalue weighted by molar-refractivity contribution is 0.422. The second-order valence-corrected chi connectivity index (χ2v) is 18.2. The molecule has 2 N–H and O–H groups in total. The van der Waals surface area contributed by atoms with E-state index in [2.05, 4.69) is 144 Å². The van der Waals surface area contributed by atoms with Gasteiger partial charge in [0, 0.05) is 20.2 Å². The molecule has 0 unspecified atom stereocenters. The number of thiophene rings is 1. The van der Waals surface area contributed by atoms with Crippen molar-refractivity contribution in [3.05, 3.63) is 105 Å². The molecule has 0 radical (unpaired) electrons. The Labute approximate surface area is 275 Å². The molecule has 0 saturated carbocycles. The molecule has 5 aromatic rings. The van der Waals surface area contributed by atoms with Crippen molar-refractivity contribution in [1.29, 1.82) is 0 Å². The fourth-order valence-electron chi connectivity index (χ4n) is 6.49. The van der Waals surface area contributed by atoms with Crippen LogP contribution in [-0.4, -0.2) is 10.2 Å². The summed E-state index contributed by atoms with van der Waals surface area (Å²) in [6.45, 7) is 26.1. The zero-order valence-electron chi connectivity index (χ0n) is 29.5. The zero-order valence-corrected chi connectivity index (χ0v) is 30.3. The summed E-state index contributed by atoms with van der Waals surface area (Å²) in [5.41, 5.74) is 8.52. The lowest BCUT2D eigenvalue weighted by Crippen LogP contribution is -2.18. The van der Waals surface area contributed by atoms with E-state index in [1.54, 1.807) is 0 Å². The maximum Gasteiger partial charge on any atom is 0.123 e. The molecule has 4 aromatic carbocycles. The molecule has 0 aliphatic carbocycles. The average Bonchev–Trinajstić information content (AvgIpc) is 3.26. The Morgan fingerprint density at radius 1 is 0.489 bits per heavy atom. The quantitative estimate of drug-likeness (QED) is 0.210. The van der Waals surface area contributed by atoms with E-state index < -0.39 is 0 Å². The van der Waals surface area contributed by atoms with Gasteiger partial charge in [-0.3, -0.25) is 0 Å².